The number of rotatable bonds is 8. The van der Waals surface area contributed by atoms with Crippen molar-refractivity contribution < 1.29 is 0 Å². The molecular weight excluding hydrogens is 695 g/mol. The molecule has 0 fully saturated rings. The summed E-state index contributed by atoms with van der Waals surface area (Å²) < 4.78 is 4.63. The molecule has 0 spiro atoms. The number of fused-ring (bicyclic) bond motifs is 6. The van der Waals surface area contributed by atoms with E-state index in [1.165, 1.54) is 21.8 Å². The molecule has 0 amide bonds. The molecule has 4 heterocycles. The van der Waals surface area contributed by atoms with E-state index in [1.807, 2.05) is 55.7 Å². The summed E-state index contributed by atoms with van der Waals surface area (Å²) in [7, 11) is 0. The van der Waals surface area contributed by atoms with Crippen LogP contribution in [0.5, 0.6) is 0 Å². The van der Waals surface area contributed by atoms with E-state index in [2.05, 4.69) is 171 Å². The molecule has 4 aromatic heterocycles. The number of benzene rings is 6. The number of nitrogens with zero attached hydrogens (tertiary/aromatic N) is 5. The van der Waals surface area contributed by atoms with Crippen molar-refractivity contribution in [3.63, 3.8) is 0 Å². The normalized spacial score (nSPS) is 12.1. The Morgan fingerprint density at radius 3 is 2.00 bits per heavy atom. The zero-order valence-corrected chi connectivity index (χ0v) is 31.4. The quantitative estimate of drug-likeness (QED) is 0.115. The van der Waals surface area contributed by atoms with Crippen LogP contribution < -0.4 is 0 Å². The number of pyridine rings is 2. The van der Waals surface area contributed by atoms with Crippen molar-refractivity contribution in [3.8, 4) is 44.9 Å². The van der Waals surface area contributed by atoms with E-state index in [0.717, 1.165) is 78.1 Å². The van der Waals surface area contributed by atoms with Crippen molar-refractivity contribution in [2.75, 3.05) is 0 Å². The van der Waals surface area contributed by atoms with Gasteiger partial charge in [-0.2, -0.15) is 0 Å². The predicted octanol–water partition coefficient (Wildman–Crippen LogP) is 13.3. The highest BCUT2D eigenvalue weighted by Crippen LogP contribution is 2.38. The van der Waals surface area contributed by atoms with Gasteiger partial charge < -0.3 is 4.57 Å². The molecule has 5 heteroatoms. The summed E-state index contributed by atoms with van der Waals surface area (Å²) in [5.74, 6) is 0. The molecule has 0 saturated carbocycles. The first-order chi connectivity index (χ1) is 28.2. The topological polar surface area (TPSA) is 48.0 Å². The molecule has 0 radical (unpaired) electrons. The molecule has 270 valence electrons. The molecule has 0 aliphatic heterocycles. The van der Waals surface area contributed by atoms with Crippen molar-refractivity contribution in [2.45, 2.75) is 6.92 Å². The Kier molecular flexibility index (Phi) is 8.46. The molecule has 0 atom stereocenters. The molecule has 0 N–H and O–H groups in total. The average molecular weight is 732 g/mol. The highest BCUT2D eigenvalue weighted by molar-refractivity contribution is 6.12. The Hall–Kier alpha value is -7.63. The first-order valence-electron chi connectivity index (χ1n) is 19.1. The van der Waals surface area contributed by atoms with Gasteiger partial charge in [-0.15, -0.1) is 0 Å². The van der Waals surface area contributed by atoms with Crippen LogP contribution in [0.4, 0.5) is 0 Å². The largest absolute Gasteiger partial charge is 0.309 e. The Morgan fingerprint density at radius 2 is 1.21 bits per heavy atom. The van der Waals surface area contributed by atoms with E-state index in [0.29, 0.717) is 0 Å². The van der Waals surface area contributed by atoms with Gasteiger partial charge in [0.2, 0.25) is 0 Å². The smallest absolute Gasteiger partial charge is 0.145 e. The van der Waals surface area contributed by atoms with Crippen LogP contribution in [0.25, 0.3) is 94.3 Å². The summed E-state index contributed by atoms with van der Waals surface area (Å²) in [6.45, 7) is 5.88. The number of hydrogen-bond donors (Lipinski definition) is 0. The molecule has 0 unspecified atom stereocenters. The van der Waals surface area contributed by atoms with Crippen molar-refractivity contribution in [2.24, 2.45) is 4.99 Å². The summed E-state index contributed by atoms with van der Waals surface area (Å²) in [5.41, 5.74) is 14.6. The Balaban J connectivity index is 1.11. The molecule has 5 nitrogen and oxygen atoms in total. The van der Waals surface area contributed by atoms with Crippen LogP contribution in [0, 0.1) is 0 Å². The highest BCUT2D eigenvalue weighted by Gasteiger charge is 2.18. The van der Waals surface area contributed by atoms with Crippen LogP contribution in [0.3, 0.4) is 0 Å². The maximum Gasteiger partial charge on any atom is 0.145 e. The third kappa shape index (κ3) is 5.94. The number of hydrogen-bond acceptors (Lipinski definition) is 3. The van der Waals surface area contributed by atoms with Gasteiger partial charge in [0, 0.05) is 62.0 Å². The van der Waals surface area contributed by atoms with Crippen LogP contribution in [-0.2, 0) is 0 Å². The van der Waals surface area contributed by atoms with Gasteiger partial charge in [0.15, 0.2) is 0 Å². The van der Waals surface area contributed by atoms with E-state index in [4.69, 9.17) is 4.98 Å². The van der Waals surface area contributed by atoms with E-state index in [-0.39, 0.29) is 0 Å². The highest BCUT2D eigenvalue weighted by atomic mass is 15.0. The van der Waals surface area contributed by atoms with Gasteiger partial charge in [-0.25, -0.2) is 4.98 Å². The van der Waals surface area contributed by atoms with Crippen molar-refractivity contribution in [1.82, 2.24) is 19.1 Å². The van der Waals surface area contributed by atoms with Gasteiger partial charge >= 0.3 is 0 Å². The van der Waals surface area contributed by atoms with Crippen LogP contribution in [-0.4, -0.2) is 25.8 Å². The fourth-order valence-electron chi connectivity index (χ4n) is 8.15. The molecule has 6 aromatic carbocycles. The second kappa shape index (κ2) is 14.2. The summed E-state index contributed by atoms with van der Waals surface area (Å²) in [4.78, 5) is 14.3. The molecule has 57 heavy (non-hydrogen) atoms. The monoisotopic (exact) mass is 731 g/mol. The van der Waals surface area contributed by atoms with Gasteiger partial charge in [0.25, 0.3) is 0 Å². The maximum atomic E-state index is 5.22. The predicted molar refractivity (Wildman–Crippen MR) is 239 cm³/mol. The van der Waals surface area contributed by atoms with Gasteiger partial charge in [0.1, 0.15) is 5.65 Å². The molecule has 10 aromatic rings. The second-order valence-corrected chi connectivity index (χ2v) is 14.2. The molecule has 0 aliphatic rings. The Labute approximate surface area is 330 Å². The number of para-hydroxylation sites is 3. The Morgan fingerprint density at radius 1 is 0.526 bits per heavy atom. The van der Waals surface area contributed by atoms with Crippen LogP contribution >= 0.6 is 0 Å². The summed E-state index contributed by atoms with van der Waals surface area (Å²) in [5, 5.41) is 4.71. The van der Waals surface area contributed by atoms with Crippen LogP contribution in [0.1, 0.15) is 12.5 Å². The van der Waals surface area contributed by atoms with Gasteiger partial charge in [-0.3, -0.25) is 14.5 Å². The Bertz CT molecular complexity index is 3200. The number of aliphatic imine (C=N–C) groups is 1. The van der Waals surface area contributed by atoms with Crippen LogP contribution in [0.2, 0.25) is 0 Å². The van der Waals surface area contributed by atoms with Crippen molar-refractivity contribution >= 4 is 56.2 Å². The van der Waals surface area contributed by atoms with Crippen molar-refractivity contribution in [1.29, 1.82) is 0 Å². The first-order valence-corrected chi connectivity index (χ1v) is 19.1. The first kappa shape index (κ1) is 33.9. The zero-order chi connectivity index (χ0) is 38.3. The van der Waals surface area contributed by atoms with E-state index in [1.54, 1.807) is 0 Å². The second-order valence-electron chi connectivity index (χ2n) is 14.2. The lowest BCUT2D eigenvalue weighted by Crippen LogP contribution is -1.96. The van der Waals surface area contributed by atoms with Crippen molar-refractivity contribution in [3.05, 3.63) is 200 Å². The number of allylic oxidation sites excluding steroid dienone is 3. The summed E-state index contributed by atoms with van der Waals surface area (Å²) in [6, 6.07) is 58.1. The van der Waals surface area contributed by atoms with Gasteiger partial charge in [-0.05, 0) is 121 Å². The fourth-order valence-corrected chi connectivity index (χ4v) is 8.15. The minimum Gasteiger partial charge on any atom is -0.309 e. The van der Waals surface area contributed by atoms with Gasteiger partial charge in [-0.1, -0.05) is 91.0 Å². The molecule has 0 bridgehead atoms. The lowest BCUT2D eigenvalue weighted by atomic mass is 9.96. The lowest BCUT2D eigenvalue weighted by Gasteiger charge is -2.13. The standard InChI is InChI=1S/C52H37N5/c1-3-4-21-47(53-2)38-28-37(29-39(30-38)48-22-12-13-27-54-48)35-15-14-18-42(31-35)57-50-24-11-9-20-44(50)46-33-40(34-55-52(46)57)36-25-26-51-45(32-36)43-19-8-10-23-49(43)56(51)41-16-6-5-7-17-41/h3-34H,2H2,1H3/b4-3-,47-21-. The van der Waals surface area contributed by atoms with E-state index in [9.17, 15) is 0 Å². The molecule has 10 rings (SSSR count). The average Bonchev–Trinajstić information content (AvgIpc) is 3.79. The SMILES string of the molecule is C=N/C(=C\C=C/C)c1cc(-c2cccc(-n3c4ccccc4c4cc(-c5ccc6c(c5)c5ccccc5n6-c5ccccc5)cnc43)c2)cc(-c2ccccn2)c1. The third-order valence-electron chi connectivity index (χ3n) is 10.8. The van der Waals surface area contributed by atoms with E-state index >= 15 is 0 Å². The lowest BCUT2D eigenvalue weighted by molar-refractivity contribution is 1.14. The third-order valence-corrected chi connectivity index (χ3v) is 10.8. The van der Waals surface area contributed by atoms with E-state index < -0.39 is 0 Å². The zero-order valence-electron chi connectivity index (χ0n) is 31.4. The fraction of sp³-hybridized carbons (Fsp3) is 0.0192. The molecular formula is C52H37N5. The molecule has 0 saturated heterocycles. The van der Waals surface area contributed by atoms with Gasteiger partial charge in [0.05, 0.1) is 27.9 Å². The van der Waals surface area contributed by atoms with Crippen LogP contribution in [0.15, 0.2) is 199 Å². The summed E-state index contributed by atoms with van der Waals surface area (Å²) >= 11 is 0. The number of aromatic nitrogens is 4. The molecule has 0 aliphatic carbocycles. The minimum atomic E-state index is 0.798. The minimum absolute atomic E-state index is 0.798. The maximum absolute atomic E-state index is 5.22. The summed E-state index contributed by atoms with van der Waals surface area (Å²) in [6.07, 6.45) is 9.81.